The predicted molar refractivity (Wildman–Crippen MR) is 77.5 cm³/mol. The largest absolute Gasteiger partial charge is 0.491 e. The molecule has 6 heteroatoms. The van der Waals surface area contributed by atoms with Crippen molar-refractivity contribution in [2.45, 2.75) is 13.3 Å². The van der Waals surface area contributed by atoms with Crippen molar-refractivity contribution in [3.8, 4) is 23.1 Å². The molecular formula is C15H15FN4O. The number of halogens is 1. The van der Waals surface area contributed by atoms with Gasteiger partial charge in [0.25, 0.3) is 0 Å². The van der Waals surface area contributed by atoms with Crippen LogP contribution >= 0.6 is 0 Å². The average Bonchev–Trinajstić information content (AvgIpc) is 2.51. The number of nitrogens with one attached hydrogen (secondary N) is 1. The fourth-order valence-corrected chi connectivity index (χ4v) is 1.93. The molecule has 1 aromatic carbocycles. The van der Waals surface area contributed by atoms with Crippen LogP contribution in [-0.2, 0) is 0 Å². The van der Waals surface area contributed by atoms with Gasteiger partial charge in [-0.2, -0.15) is 5.26 Å². The topological polar surface area (TPSA) is 70.8 Å². The van der Waals surface area contributed by atoms with Gasteiger partial charge in [0.15, 0.2) is 11.6 Å². The zero-order chi connectivity index (χ0) is 15.2. The molecule has 0 aliphatic carbocycles. The van der Waals surface area contributed by atoms with Crippen LogP contribution < -0.4 is 10.1 Å². The molecule has 0 saturated heterocycles. The van der Waals surface area contributed by atoms with Crippen LogP contribution in [0.1, 0.15) is 18.9 Å². The van der Waals surface area contributed by atoms with Gasteiger partial charge in [0.1, 0.15) is 17.8 Å². The van der Waals surface area contributed by atoms with Gasteiger partial charge in [0.05, 0.1) is 18.7 Å². The normalized spacial score (nSPS) is 10.0. The Morgan fingerprint density at radius 2 is 2.14 bits per heavy atom. The molecule has 0 aliphatic heterocycles. The van der Waals surface area contributed by atoms with E-state index in [1.54, 1.807) is 6.07 Å². The monoisotopic (exact) mass is 286 g/mol. The Labute approximate surface area is 122 Å². The molecule has 2 rings (SSSR count). The van der Waals surface area contributed by atoms with E-state index in [1.165, 1.54) is 25.6 Å². The van der Waals surface area contributed by atoms with Crippen molar-refractivity contribution in [3.63, 3.8) is 0 Å². The molecule has 0 aliphatic rings. The van der Waals surface area contributed by atoms with E-state index in [-0.39, 0.29) is 5.56 Å². The highest BCUT2D eigenvalue weighted by Gasteiger charge is 2.15. The maximum absolute atomic E-state index is 13.6. The van der Waals surface area contributed by atoms with Crippen molar-refractivity contribution in [2.75, 3.05) is 19.0 Å². The fourth-order valence-electron chi connectivity index (χ4n) is 1.93. The zero-order valence-electron chi connectivity index (χ0n) is 11.9. The second-order valence-corrected chi connectivity index (χ2v) is 4.37. The summed E-state index contributed by atoms with van der Waals surface area (Å²) in [4.78, 5) is 8.29. The highest BCUT2D eigenvalue weighted by molar-refractivity contribution is 5.73. The van der Waals surface area contributed by atoms with Gasteiger partial charge >= 0.3 is 0 Å². The summed E-state index contributed by atoms with van der Waals surface area (Å²) in [5.74, 6) is 0.486. The molecule has 108 valence electrons. The Bertz CT molecular complexity index is 682. The van der Waals surface area contributed by atoms with E-state index in [0.29, 0.717) is 22.8 Å². The molecule has 0 spiro atoms. The summed E-state index contributed by atoms with van der Waals surface area (Å²) in [6.45, 7) is 2.77. The first-order valence-electron chi connectivity index (χ1n) is 6.53. The second-order valence-electron chi connectivity index (χ2n) is 4.37. The number of benzene rings is 1. The molecule has 0 amide bonds. The SMILES string of the molecule is CCCNc1ncnc(-c2cc(F)cc(C#N)c2)c1OC. The molecule has 0 radical (unpaired) electrons. The maximum atomic E-state index is 13.6. The minimum atomic E-state index is -0.493. The number of rotatable bonds is 5. The van der Waals surface area contributed by atoms with Crippen LogP contribution in [0.4, 0.5) is 10.2 Å². The Hall–Kier alpha value is -2.68. The summed E-state index contributed by atoms with van der Waals surface area (Å²) < 4.78 is 18.9. The lowest BCUT2D eigenvalue weighted by Crippen LogP contribution is -2.06. The van der Waals surface area contributed by atoms with Crippen molar-refractivity contribution < 1.29 is 9.13 Å². The minimum absolute atomic E-state index is 0.230. The predicted octanol–water partition coefficient (Wildman–Crippen LogP) is 2.98. The van der Waals surface area contributed by atoms with Crippen LogP contribution in [0.5, 0.6) is 5.75 Å². The molecule has 0 atom stereocenters. The average molecular weight is 286 g/mol. The van der Waals surface area contributed by atoms with Crippen molar-refractivity contribution in [3.05, 3.63) is 35.9 Å². The summed E-state index contributed by atoms with van der Waals surface area (Å²) >= 11 is 0. The van der Waals surface area contributed by atoms with Gasteiger partial charge in [0.2, 0.25) is 0 Å². The number of hydrogen-bond donors (Lipinski definition) is 1. The van der Waals surface area contributed by atoms with Crippen molar-refractivity contribution in [1.82, 2.24) is 9.97 Å². The molecule has 0 saturated carbocycles. The van der Waals surface area contributed by atoms with Gasteiger partial charge in [-0.05, 0) is 24.6 Å². The van der Waals surface area contributed by atoms with E-state index < -0.39 is 5.82 Å². The fraction of sp³-hybridized carbons (Fsp3) is 0.267. The summed E-state index contributed by atoms with van der Waals surface area (Å²) in [6, 6.07) is 5.98. The number of aromatic nitrogens is 2. The third kappa shape index (κ3) is 3.26. The van der Waals surface area contributed by atoms with Crippen LogP contribution in [0.3, 0.4) is 0 Å². The van der Waals surface area contributed by atoms with Crippen LogP contribution in [0.25, 0.3) is 11.3 Å². The summed E-state index contributed by atoms with van der Waals surface area (Å²) in [7, 11) is 1.50. The van der Waals surface area contributed by atoms with Crippen LogP contribution in [0.15, 0.2) is 24.5 Å². The van der Waals surface area contributed by atoms with E-state index in [2.05, 4.69) is 15.3 Å². The smallest absolute Gasteiger partial charge is 0.187 e. The summed E-state index contributed by atoms with van der Waals surface area (Å²) in [5, 5.41) is 12.1. The maximum Gasteiger partial charge on any atom is 0.187 e. The van der Waals surface area contributed by atoms with Gasteiger partial charge < -0.3 is 10.1 Å². The lowest BCUT2D eigenvalue weighted by Gasteiger charge is -2.13. The Morgan fingerprint density at radius 1 is 1.33 bits per heavy atom. The highest BCUT2D eigenvalue weighted by Crippen LogP contribution is 2.33. The lowest BCUT2D eigenvalue weighted by atomic mass is 10.1. The molecule has 0 bridgehead atoms. The quantitative estimate of drug-likeness (QED) is 0.915. The third-order valence-electron chi connectivity index (χ3n) is 2.85. The van der Waals surface area contributed by atoms with Gasteiger partial charge in [-0.25, -0.2) is 14.4 Å². The van der Waals surface area contributed by atoms with Crippen molar-refractivity contribution in [1.29, 1.82) is 5.26 Å². The minimum Gasteiger partial charge on any atom is -0.491 e. The first-order chi connectivity index (χ1) is 10.2. The van der Waals surface area contributed by atoms with Crippen LogP contribution in [0.2, 0.25) is 0 Å². The molecule has 1 N–H and O–H groups in total. The molecule has 0 fully saturated rings. The molecule has 21 heavy (non-hydrogen) atoms. The number of nitriles is 1. The van der Waals surface area contributed by atoms with E-state index in [9.17, 15) is 4.39 Å². The Kier molecular flexibility index (Phi) is 4.67. The third-order valence-corrected chi connectivity index (χ3v) is 2.85. The molecule has 5 nitrogen and oxygen atoms in total. The Balaban J connectivity index is 2.53. The van der Waals surface area contributed by atoms with Gasteiger partial charge in [-0.1, -0.05) is 6.92 Å². The van der Waals surface area contributed by atoms with Crippen LogP contribution in [-0.4, -0.2) is 23.6 Å². The number of hydrogen-bond acceptors (Lipinski definition) is 5. The zero-order valence-corrected chi connectivity index (χ0v) is 11.9. The molecule has 1 heterocycles. The number of ether oxygens (including phenoxy) is 1. The number of nitrogens with zero attached hydrogens (tertiary/aromatic N) is 3. The van der Waals surface area contributed by atoms with Crippen molar-refractivity contribution in [2.24, 2.45) is 0 Å². The Morgan fingerprint density at radius 3 is 2.81 bits per heavy atom. The second kappa shape index (κ2) is 6.66. The van der Waals surface area contributed by atoms with E-state index >= 15 is 0 Å². The molecular weight excluding hydrogens is 271 g/mol. The summed E-state index contributed by atoms with van der Waals surface area (Å²) in [6.07, 6.45) is 2.31. The van der Waals surface area contributed by atoms with E-state index in [4.69, 9.17) is 10.00 Å². The van der Waals surface area contributed by atoms with Crippen molar-refractivity contribution >= 4 is 5.82 Å². The first-order valence-corrected chi connectivity index (χ1v) is 6.53. The van der Waals surface area contributed by atoms with Gasteiger partial charge in [0, 0.05) is 12.1 Å². The number of anilines is 1. The lowest BCUT2D eigenvalue weighted by molar-refractivity contribution is 0.414. The standard InChI is InChI=1S/C15H15FN4O/c1-3-4-18-15-14(21-2)13(19-9-20-15)11-5-10(8-17)6-12(16)7-11/h5-7,9H,3-4H2,1-2H3,(H,18,19,20). The number of methoxy groups -OCH3 is 1. The van der Waals surface area contributed by atoms with Crippen LogP contribution in [0, 0.1) is 17.1 Å². The molecule has 1 aromatic heterocycles. The van der Waals surface area contributed by atoms with Gasteiger partial charge in [-0.3, -0.25) is 0 Å². The summed E-state index contributed by atoms with van der Waals surface area (Å²) in [5.41, 5.74) is 1.15. The van der Waals surface area contributed by atoms with E-state index in [0.717, 1.165) is 13.0 Å². The molecule has 0 unspecified atom stereocenters. The van der Waals surface area contributed by atoms with E-state index in [1.807, 2.05) is 13.0 Å². The first kappa shape index (κ1) is 14.7. The highest BCUT2D eigenvalue weighted by atomic mass is 19.1. The molecule has 2 aromatic rings. The van der Waals surface area contributed by atoms with Gasteiger partial charge in [-0.15, -0.1) is 0 Å².